The Kier molecular flexibility index (Phi) is 3.90. The molecule has 0 spiro atoms. The van der Waals surface area contributed by atoms with Crippen LogP contribution in [0.15, 0.2) is 33.2 Å². The number of carbonyl (C=O) groups excluding carboxylic acids is 1. The van der Waals surface area contributed by atoms with Crippen molar-refractivity contribution >= 4 is 62.8 Å². The number of fused-ring (bicyclic) bond motifs is 1. The van der Waals surface area contributed by atoms with Crippen LogP contribution < -0.4 is 0 Å². The molecular formula is C13H6ClNO7S2. The van der Waals surface area contributed by atoms with Gasteiger partial charge >= 0.3 is 23.5 Å². The second kappa shape index (κ2) is 5.65. The Morgan fingerprint density at radius 2 is 1.96 bits per heavy atom. The maximum Gasteiger partial charge on any atom is 0.376 e. The molecule has 0 bridgehead atoms. The molecule has 24 heavy (non-hydrogen) atoms. The lowest BCUT2D eigenvalue weighted by Crippen LogP contribution is -2.48. The van der Waals surface area contributed by atoms with Crippen molar-refractivity contribution in [2.24, 2.45) is 0 Å². The topological polar surface area (TPSA) is 134 Å². The number of hydrogen-bond acceptors (Lipinski definition) is 8. The number of esters is 1. The van der Waals surface area contributed by atoms with Crippen molar-refractivity contribution in [3.63, 3.8) is 0 Å². The lowest BCUT2D eigenvalue weighted by Gasteiger charge is -2.19. The maximum absolute atomic E-state index is 11.5. The van der Waals surface area contributed by atoms with Gasteiger partial charge in [0.05, 0.1) is 10.2 Å². The fraction of sp³-hybridized carbons (Fsp3) is 0.0769. The fourth-order valence-corrected chi connectivity index (χ4v) is 4.39. The van der Waals surface area contributed by atoms with Crippen LogP contribution in [0.2, 0.25) is 5.02 Å². The van der Waals surface area contributed by atoms with Gasteiger partial charge in [-0.2, -0.15) is 0 Å². The van der Waals surface area contributed by atoms with Gasteiger partial charge in [0.2, 0.25) is 5.76 Å². The van der Waals surface area contributed by atoms with Gasteiger partial charge in [-0.05, 0) is 18.2 Å². The molecule has 0 aliphatic carbocycles. The molecule has 0 saturated heterocycles. The second-order valence-corrected chi connectivity index (χ2v) is 7.28. The molecule has 0 radical (unpaired) electrons. The summed E-state index contributed by atoms with van der Waals surface area (Å²) in [6.45, 7) is 0. The summed E-state index contributed by atoms with van der Waals surface area (Å²) < 4.78 is 5.37. The highest BCUT2D eigenvalue weighted by molar-refractivity contribution is 8.05. The molecule has 3 rings (SSSR count). The van der Waals surface area contributed by atoms with Crippen molar-refractivity contribution in [1.29, 1.82) is 0 Å². The summed E-state index contributed by atoms with van der Waals surface area (Å²) in [6, 6.07) is 4.89. The minimum absolute atomic E-state index is 0.221. The number of hydrogen-bond donors (Lipinski definition) is 3. The molecule has 0 fully saturated rings. The molecule has 2 aromatic rings. The van der Waals surface area contributed by atoms with Gasteiger partial charge in [-0.25, -0.2) is 19.4 Å². The Morgan fingerprint density at radius 1 is 1.29 bits per heavy atom. The Hall–Kier alpha value is -2.30. The van der Waals surface area contributed by atoms with Gasteiger partial charge in [-0.15, -0.1) is 11.3 Å². The van der Waals surface area contributed by atoms with Crippen LogP contribution in [0, 0.1) is 0 Å². The summed E-state index contributed by atoms with van der Waals surface area (Å²) in [4.78, 5) is 37.9. The molecule has 1 aromatic heterocycles. The highest BCUT2D eigenvalue weighted by Crippen LogP contribution is 2.45. The monoisotopic (exact) mass is 387 g/mol. The number of carboxylic acid groups (broad SMARTS) is 2. The molecule has 1 aliphatic heterocycles. The largest absolute Gasteiger partial charge is 0.501 e. The molecule has 1 aliphatic rings. The zero-order chi connectivity index (χ0) is 17.6. The van der Waals surface area contributed by atoms with E-state index in [1.165, 1.54) is 0 Å². The van der Waals surface area contributed by atoms with Gasteiger partial charge in [0, 0.05) is 5.02 Å². The first-order chi connectivity index (χ1) is 11.3. The van der Waals surface area contributed by atoms with E-state index in [0.29, 0.717) is 27.0 Å². The van der Waals surface area contributed by atoms with E-state index < -0.39 is 34.2 Å². The molecule has 0 amide bonds. The van der Waals surface area contributed by atoms with Gasteiger partial charge in [-0.1, -0.05) is 23.4 Å². The van der Waals surface area contributed by atoms with Crippen LogP contribution >= 0.6 is 34.7 Å². The first-order valence-electron chi connectivity index (χ1n) is 6.13. The van der Waals surface area contributed by atoms with Crippen LogP contribution in [0.4, 0.5) is 0 Å². The highest BCUT2D eigenvalue weighted by atomic mass is 35.5. The van der Waals surface area contributed by atoms with Crippen LogP contribution in [0.5, 0.6) is 0 Å². The van der Waals surface area contributed by atoms with Crippen molar-refractivity contribution in [3.05, 3.63) is 33.9 Å². The van der Waals surface area contributed by atoms with Gasteiger partial charge in [-0.3, -0.25) is 0 Å². The summed E-state index contributed by atoms with van der Waals surface area (Å²) in [6.07, 6.45) is 0. The molecule has 11 heteroatoms. The number of nitrogens with zero attached hydrogens (tertiary/aromatic N) is 1. The minimum atomic E-state index is -3.00. The molecule has 124 valence electrons. The molecule has 1 aromatic carbocycles. The lowest BCUT2D eigenvalue weighted by molar-refractivity contribution is -0.180. The third-order valence-corrected chi connectivity index (χ3v) is 5.61. The summed E-state index contributed by atoms with van der Waals surface area (Å²) in [5, 5.41) is 28.7. The van der Waals surface area contributed by atoms with E-state index in [0.717, 1.165) is 11.3 Å². The highest BCUT2D eigenvalue weighted by Gasteiger charge is 2.61. The van der Waals surface area contributed by atoms with Crippen LogP contribution in [0.1, 0.15) is 0 Å². The number of aliphatic hydroxyl groups excluding tert-OH is 1. The normalized spacial score (nSPS) is 16.5. The minimum Gasteiger partial charge on any atom is -0.501 e. The Balaban J connectivity index is 2.09. The van der Waals surface area contributed by atoms with E-state index in [2.05, 4.69) is 9.72 Å². The van der Waals surface area contributed by atoms with E-state index in [1.54, 1.807) is 18.2 Å². The number of thiazole rings is 1. The van der Waals surface area contributed by atoms with Crippen LogP contribution in [0.25, 0.3) is 10.2 Å². The maximum atomic E-state index is 11.5. The van der Waals surface area contributed by atoms with Gasteiger partial charge < -0.3 is 20.1 Å². The first kappa shape index (κ1) is 16.6. The lowest BCUT2D eigenvalue weighted by atomic mass is 10.1. The van der Waals surface area contributed by atoms with Gasteiger partial charge in [0.25, 0.3) is 0 Å². The van der Waals surface area contributed by atoms with Crippen molar-refractivity contribution in [2.75, 3.05) is 0 Å². The fourth-order valence-electron chi connectivity index (χ4n) is 2.00. The number of benzene rings is 1. The Morgan fingerprint density at radius 3 is 2.58 bits per heavy atom. The molecular weight excluding hydrogens is 382 g/mol. The van der Waals surface area contributed by atoms with Gasteiger partial charge in [0.1, 0.15) is 4.91 Å². The third kappa shape index (κ3) is 2.39. The summed E-state index contributed by atoms with van der Waals surface area (Å²) >= 11 is 7.52. The zero-order valence-corrected chi connectivity index (χ0v) is 13.7. The van der Waals surface area contributed by atoms with E-state index in [-0.39, 0.29) is 4.34 Å². The molecule has 8 nitrogen and oxygen atoms in total. The SMILES string of the molecule is O=C1OC(C(=O)O)(C(=O)O)C(Sc2nc3cc(Cl)ccc3s2)=C1O. The Labute approximate surface area is 146 Å². The van der Waals surface area contributed by atoms with Crippen LogP contribution in [0.3, 0.4) is 0 Å². The molecule has 0 saturated carbocycles. The summed E-state index contributed by atoms with van der Waals surface area (Å²) in [7, 11) is 0. The summed E-state index contributed by atoms with van der Waals surface area (Å²) in [5.41, 5.74) is -2.49. The number of cyclic esters (lactones) is 1. The number of aromatic nitrogens is 1. The number of thioether (sulfide) groups is 1. The molecule has 3 N–H and O–H groups in total. The average Bonchev–Trinajstić information content (AvgIpc) is 3.00. The number of halogens is 1. The Bertz CT molecular complexity index is 922. The predicted octanol–water partition coefficient (Wildman–Crippen LogP) is 2.28. The number of carbonyl (C=O) groups is 3. The predicted molar refractivity (Wildman–Crippen MR) is 84.2 cm³/mol. The first-order valence-corrected chi connectivity index (χ1v) is 8.14. The van der Waals surface area contributed by atoms with Crippen molar-refractivity contribution < 1.29 is 34.4 Å². The second-order valence-electron chi connectivity index (χ2n) is 4.55. The number of ether oxygens (including phenoxy) is 1. The molecule has 0 unspecified atom stereocenters. The van der Waals surface area contributed by atoms with Crippen molar-refractivity contribution in [3.8, 4) is 0 Å². The number of aliphatic carboxylic acids is 2. The summed E-state index contributed by atoms with van der Waals surface area (Å²) in [5.74, 6) is -6.35. The third-order valence-electron chi connectivity index (χ3n) is 3.10. The standard InChI is InChI=1S/C13H6ClNO7S2/c14-4-1-2-6-5(3-4)15-12(23-6)24-8-7(16)9(17)22-13(8,10(18)19)11(20)21/h1-3,16H,(H,18,19)(H,20,21). The number of rotatable bonds is 4. The number of carboxylic acids is 2. The van der Waals surface area contributed by atoms with Crippen molar-refractivity contribution in [1.82, 2.24) is 4.98 Å². The molecule has 0 atom stereocenters. The van der Waals surface area contributed by atoms with E-state index >= 15 is 0 Å². The van der Waals surface area contributed by atoms with Gasteiger partial charge in [0.15, 0.2) is 4.34 Å². The molecule has 2 heterocycles. The van der Waals surface area contributed by atoms with E-state index in [9.17, 15) is 29.7 Å². The van der Waals surface area contributed by atoms with Crippen LogP contribution in [-0.4, -0.2) is 43.8 Å². The zero-order valence-electron chi connectivity index (χ0n) is 11.3. The van der Waals surface area contributed by atoms with E-state index in [1.807, 2.05) is 0 Å². The average molecular weight is 388 g/mol. The van der Waals surface area contributed by atoms with Crippen molar-refractivity contribution in [2.45, 2.75) is 9.94 Å². The van der Waals surface area contributed by atoms with E-state index in [4.69, 9.17) is 11.6 Å². The quantitative estimate of drug-likeness (QED) is 0.533. The number of aliphatic hydroxyl groups is 1. The van der Waals surface area contributed by atoms with Crippen LogP contribution in [-0.2, 0) is 19.1 Å². The smallest absolute Gasteiger partial charge is 0.376 e.